The molecular weight excluding hydrogens is 215 g/mol. The van der Waals surface area contributed by atoms with E-state index in [4.69, 9.17) is 5.73 Å². The molecule has 2 nitrogen and oxygen atoms in total. The molecule has 1 aliphatic rings. The minimum atomic E-state index is -0.139. The van der Waals surface area contributed by atoms with Crippen LogP contribution in [0.25, 0.3) is 0 Å². The Kier molecular flexibility index (Phi) is 4.13. The molecule has 2 atom stereocenters. The Bertz CT molecular complexity index is 359. The van der Waals surface area contributed by atoms with Crippen molar-refractivity contribution in [2.75, 3.05) is 13.1 Å². The van der Waals surface area contributed by atoms with Gasteiger partial charge in [0.05, 0.1) is 6.04 Å². The normalized spacial score (nSPS) is 21.1. The lowest BCUT2D eigenvalue weighted by molar-refractivity contribution is 0.143. The highest BCUT2D eigenvalue weighted by Gasteiger charge is 2.27. The molecule has 1 aliphatic heterocycles. The SMILES string of the molecule is CC(N)C(c1ccccc1F)N1CCCCC1. The molecule has 94 valence electrons. The highest BCUT2D eigenvalue weighted by molar-refractivity contribution is 5.22. The molecule has 0 bridgehead atoms. The summed E-state index contributed by atoms with van der Waals surface area (Å²) in [7, 11) is 0. The Balaban J connectivity index is 2.25. The van der Waals surface area contributed by atoms with Gasteiger partial charge in [0.25, 0.3) is 0 Å². The van der Waals surface area contributed by atoms with E-state index in [1.165, 1.54) is 25.3 Å². The van der Waals surface area contributed by atoms with Crippen molar-refractivity contribution in [3.05, 3.63) is 35.6 Å². The number of hydrogen-bond donors (Lipinski definition) is 1. The highest BCUT2D eigenvalue weighted by atomic mass is 19.1. The van der Waals surface area contributed by atoms with Crippen molar-refractivity contribution in [3.63, 3.8) is 0 Å². The van der Waals surface area contributed by atoms with Crippen LogP contribution in [-0.4, -0.2) is 24.0 Å². The zero-order chi connectivity index (χ0) is 12.3. The largest absolute Gasteiger partial charge is 0.326 e. The zero-order valence-corrected chi connectivity index (χ0v) is 10.4. The Morgan fingerprint density at radius 3 is 2.41 bits per heavy atom. The summed E-state index contributed by atoms with van der Waals surface area (Å²) in [5.74, 6) is -0.139. The fourth-order valence-corrected chi connectivity index (χ4v) is 2.72. The van der Waals surface area contributed by atoms with Gasteiger partial charge >= 0.3 is 0 Å². The van der Waals surface area contributed by atoms with E-state index in [2.05, 4.69) is 4.90 Å². The Morgan fingerprint density at radius 2 is 1.82 bits per heavy atom. The number of likely N-dealkylation sites (tertiary alicyclic amines) is 1. The van der Waals surface area contributed by atoms with Gasteiger partial charge in [0.15, 0.2) is 0 Å². The number of halogens is 1. The Morgan fingerprint density at radius 1 is 1.18 bits per heavy atom. The molecule has 0 saturated carbocycles. The maximum absolute atomic E-state index is 13.9. The van der Waals surface area contributed by atoms with Crippen LogP contribution in [0.2, 0.25) is 0 Å². The van der Waals surface area contributed by atoms with Crippen molar-refractivity contribution in [2.24, 2.45) is 5.73 Å². The average molecular weight is 236 g/mol. The standard InChI is InChI=1S/C14H21FN2/c1-11(16)14(17-9-5-2-6-10-17)12-7-3-4-8-13(12)15/h3-4,7-8,11,14H,2,5-6,9-10,16H2,1H3. The smallest absolute Gasteiger partial charge is 0.128 e. The van der Waals surface area contributed by atoms with E-state index in [1.54, 1.807) is 6.07 Å². The van der Waals surface area contributed by atoms with E-state index >= 15 is 0 Å². The predicted octanol–water partition coefficient (Wildman–Crippen LogP) is 2.70. The fraction of sp³-hybridized carbons (Fsp3) is 0.571. The second-order valence-corrected chi connectivity index (χ2v) is 4.92. The molecule has 2 rings (SSSR count). The monoisotopic (exact) mass is 236 g/mol. The lowest BCUT2D eigenvalue weighted by atomic mass is 9.96. The van der Waals surface area contributed by atoms with E-state index in [1.807, 2.05) is 19.1 Å². The number of benzene rings is 1. The van der Waals surface area contributed by atoms with Crippen molar-refractivity contribution in [2.45, 2.75) is 38.3 Å². The molecule has 1 heterocycles. The lowest BCUT2D eigenvalue weighted by Gasteiger charge is -2.37. The Labute approximate surface area is 103 Å². The maximum Gasteiger partial charge on any atom is 0.128 e. The average Bonchev–Trinajstić information content (AvgIpc) is 2.33. The molecular formula is C14H21FN2. The van der Waals surface area contributed by atoms with Gasteiger partial charge in [-0.05, 0) is 38.9 Å². The minimum Gasteiger partial charge on any atom is -0.326 e. The third-order valence-corrected chi connectivity index (χ3v) is 3.51. The summed E-state index contributed by atoms with van der Waals surface area (Å²) in [4.78, 5) is 2.33. The second kappa shape index (κ2) is 5.61. The van der Waals surface area contributed by atoms with Crippen LogP contribution in [0.4, 0.5) is 4.39 Å². The van der Waals surface area contributed by atoms with Gasteiger partial charge < -0.3 is 5.73 Å². The van der Waals surface area contributed by atoms with E-state index in [0.29, 0.717) is 0 Å². The summed E-state index contributed by atoms with van der Waals surface area (Å²) in [5.41, 5.74) is 6.80. The quantitative estimate of drug-likeness (QED) is 0.874. The number of nitrogens with zero attached hydrogens (tertiary/aromatic N) is 1. The summed E-state index contributed by atoms with van der Waals surface area (Å²) in [6, 6.07) is 6.96. The van der Waals surface area contributed by atoms with Crippen LogP contribution >= 0.6 is 0 Å². The summed E-state index contributed by atoms with van der Waals surface area (Å²) in [6.07, 6.45) is 3.66. The minimum absolute atomic E-state index is 0.0106. The summed E-state index contributed by atoms with van der Waals surface area (Å²) >= 11 is 0. The molecule has 0 amide bonds. The lowest BCUT2D eigenvalue weighted by Crippen LogP contribution is -2.42. The van der Waals surface area contributed by atoms with Gasteiger partial charge in [-0.25, -0.2) is 4.39 Å². The topological polar surface area (TPSA) is 29.3 Å². The highest BCUT2D eigenvalue weighted by Crippen LogP contribution is 2.28. The molecule has 1 aromatic carbocycles. The van der Waals surface area contributed by atoms with Gasteiger partial charge in [0.1, 0.15) is 5.82 Å². The van der Waals surface area contributed by atoms with Crippen LogP contribution in [-0.2, 0) is 0 Å². The molecule has 0 aromatic heterocycles. The summed E-state index contributed by atoms with van der Waals surface area (Å²) in [5, 5.41) is 0. The molecule has 1 fully saturated rings. The van der Waals surface area contributed by atoms with Gasteiger partial charge in [-0.15, -0.1) is 0 Å². The first-order valence-electron chi connectivity index (χ1n) is 6.44. The van der Waals surface area contributed by atoms with E-state index < -0.39 is 0 Å². The molecule has 0 radical (unpaired) electrons. The molecule has 0 spiro atoms. The van der Waals surface area contributed by atoms with Crippen LogP contribution in [0, 0.1) is 5.82 Å². The first-order valence-corrected chi connectivity index (χ1v) is 6.44. The molecule has 1 saturated heterocycles. The molecule has 17 heavy (non-hydrogen) atoms. The number of hydrogen-bond acceptors (Lipinski definition) is 2. The first kappa shape index (κ1) is 12.5. The van der Waals surface area contributed by atoms with Crippen molar-refractivity contribution in [3.8, 4) is 0 Å². The molecule has 3 heteroatoms. The van der Waals surface area contributed by atoms with Gasteiger partial charge in [-0.3, -0.25) is 4.90 Å². The van der Waals surface area contributed by atoms with Gasteiger partial charge in [-0.1, -0.05) is 24.6 Å². The van der Waals surface area contributed by atoms with Crippen LogP contribution in [0.3, 0.4) is 0 Å². The Hall–Kier alpha value is -0.930. The van der Waals surface area contributed by atoms with Gasteiger partial charge in [0, 0.05) is 11.6 Å². The first-order chi connectivity index (χ1) is 8.20. The van der Waals surface area contributed by atoms with E-state index in [0.717, 1.165) is 18.7 Å². The van der Waals surface area contributed by atoms with Crippen LogP contribution < -0.4 is 5.73 Å². The number of rotatable bonds is 3. The van der Waals surface area contributed by atoms with Crippen LogP contribution in [0.15, 0.2) is 24.3 Å². The molecule has 2 unspecified atom stereocenters. The van der Waals surface area contributed by atoms with E-state index in [-0.39, 0.29) is 17.9 Å². The maximum atomic E-state index is 13.9. The molecule has 0 aliphatic carbocycles. The number of piperidine rings is 1. The van der Waals surface area contributed by atoms with Crippen molar-refractivity contribution < 1.29 is 4.39 Å². The van der Waals surface area contributed by atoms with Crippen LogP contribution in [0.5, 0.6) is 0 Å². The van der Waals surface area contributed by atoms with Crippen molar-refractivity contribution in [1.82, 2.24) is 4.90 Å². The van der Waals surface area contributed by atoms with Crippen molar-refractivity contribution in [1.29, 1.82) is 0 Å². The third kappa shape index (κ3) is 2.85. The van der Waals surface area contributed by atoms with E-state index in [9.17, 15) is 4.39 Å². The number of nitrogens with two attached hydrogens (primary N) is 1. The predicted molar refractivity (Wildman–Crippen MR) is 68.2 cm³/mol. The molecule has 1 aromatic rings. The summed E-state index contributed by atoms with van der Waals surface area (Å²) < 4.78 is 13.9. The van der Waals surface area contributed by atoms with Gasteiger partial charge in [0.2, 0.25) is 0 Å². The third-order valence-electron chi connectivity index (χ3n) is 3.51. The van der Waals surface area contributed by atoms with Crippen molar-refractivity contribution >= 4 is 0 Å². The van der Waals surface area contributed by atoms with Gasteiger partial charge in [-0.2, -0.15) is 0 Å². The fourth-order valence-electron chi connectivity index (χ4n) is 2.72. The zero-order valence-electron chi connectivity index (χ0n) is 10.4. The second-order valence-electron chi connectivity index (χ2n) is 4.92. The summed E-state index contributed by atoms with van der Waals surface area (Å²) in [6.45, 7) is 4.02. The van der Waals surface area contributed by atoms with Crippen LogP contribution in [0.1, 0.15) is 37.8 Å². The molecule has 2 N–H and O–H groups in total.